The van der Waals surface area contributed by atoms with Gasteiger partial charge in [-0.05, 0) is 13.3 Å². The van der Waals surface area contributed by atoms with Crippen LogP contribution in [0.15, 0.2) is 0 Å². The molecule has 1 atom stereocenters. The minimum atomic E-state index is -0.246. The molecule has 1 heterocycles. The van der Waals surface area contributed by atoms with Crippen molar-refractivity contribution in [1.82, 2.24) is 0 Å². The van der Waals surface area contributed by atoms with Crippen molar-refractivity contribution >= 4 is 5.97 Å². The highest BCUT2D eigenvalue weighted by Crippen LogP contribution is 2.41. The fourth-order valence-electron chi connectivity index (χ4n) is 1.22. The zero-order valence-corrected chi connectivity index (χ0v) is 7.73. The van der Waals surface area contributed by atoms with Gasteiger partial charge in [-0.1, -0.05) is 20.8 Å². The van der Waals surface area contributed by atoms with Crippen LogP contribution < -0.4 is 0 Å². The molecule has 0 aromatic rings. The summed E-state index contributed by atoms with van der Waals surface area (Å²) in [6.07, 6.45) is 1.43. The molecule has 1 fully saturated rings. The second-order valence-electron chi connectivity index (χ2n) is 4.45. The van der Waals surface area contributed by atoms with E-state index in [4.69, 9.17) is 4.74 Å². The van der Waals surface area contributed by atoms with Gasteiger partial charge in [0.1, 0.15) is 5.60 Å². The first-order valence-electron chi connectivity index (χ1n) is 4.07. The van der Waals surface area contributed by atoms with Crippen molar-refractivity contribution in [2.75, 3.05) is 0 Å². The number of cyclic esters (lactones) is 1. The first-order valence-corrected chi connectivity index (χ1v) is 4.07. The average molecular weight is 156 g/mol. The number of hydrogen-bond donors (Lipinski definition) is 0. The summed E-state index contributed by atoms with van der Waals surface area (Å²) < 4.78 is 5.27. The van der Waals surface area contributed by atoms with Gasteiger partial charge < -0.3 is 4.74 Å². The third-order valence-electron chi connectivity index (χ3n) is 2.73. The summed E-state index contributed by atoms with van der Waals surface area (Å²) in [5.74, 6) is -0.0533. The van der Waals surface area contributed by atoms with Crippen LogP contribution in [0.25, 0.3) is 0 Å². The predicted octanol–water partition coefficient (Wildman–Crippen LogP) is 2.13. The molecular weight excluding hydrogens is 140 g/mol. The maximum atomic E-state index is 10.9. The third-order valence-corrected chi connectivity index (χ3v) is 2.73. The Hall–Kier alpha value is -0.530. The molecule has 0 saturated carbocycles. The number of rotatable bonds is 0. The smallest absolute Gasteiger partial charge is 0.306 e. The Morgan fingerprint density at radius 1 is 1.45 bits per heavy atom. The lowest BCUT2D eigenvalue weighted by molar-refractivity contribution is -0.155. The highest BCUT2D eigenvalue weighted by atomic mass is 16.6. The summed E-state index contributed by atoms with van der Waals surface area (Å²) in [6, 6.07) is 0. The van der Waals surface area contributed by atoms with Gasteiger partial charge in [0.05, 0.1) is 0 Å². The zero-order valence-electron chi connectivity index (χ0n) is 7.73. The molecule has 2 heteroatoms. The van der Waals surface area contributed by atoms with Gasteiger partial charge in [-0.25, -0.2) is 0 Å². The molecule has 0 amide bonds. The number of ether oxygens (including phenoxy) is 1. The lowest BCUT2D eigenvalue weighted by Gasteiger charge is -2.36. The number of esters is 1. The summed E-state index contributed by atoms with van der Waals surface area (Å²) in [4.78, 5) is 10.9. The maximum Gasteiger partial charge on any atom is 0.306 e. The zero-order chi connectivity index (χ0) is 8.70. The fraction of sp³-hybridized carbons (Fsp3) is 0.889. The molecule has 11 heavy (non-hydrogen) atoms. The predicted molar refractivity (Wildman–Crippen MR) is 43.2 cm³/mol. The quantitative estimate of drug-likeness (QED) is 0.502. The van der Waals surface area contributed by atoms with Gasteiger partial charge >= 0.3 is 5.97 Å². The first-order chi connectivity index (χ1) is 4.85. The molecule has 2 nitrogen and oxygen atoms in total. The summed E-state index contributed by atoms with van der Waals surface area (Å²) >= 11 is 0. The Labute approximate surface area is 67.9 Å². The highest BCUT2D eigenvalue weighted by Gasteiger charge is 2.45. The maximum absolute atomic E-state index is 10.9. The SMILES string of the molecule is CC(C)(C)[C@@]1(C)CCC(=O)O1. The summed E-state index contributed by atoms with van der Waals surface area (Å²) in [5, 5.41) is 0. The Morgan fingerprint density at radius 3 is 2.18 bits per heavy atom. The van der Waals surface area contributed by atoms with Crippen molar-refractivity contribution in [2.24, 2.45) is 5.41 Å². The normalized spacial score (nSPS) is 32.2. The Balaban J connectivity index is 2.77. The van der Waals surface area contributed by atoms with Gasteiger partial charge in [-0.15, -0.1) is 0 Å². The second kappa shape index (κ2) is 2.23. The van der Waals surface area contributed by atoms with Crippen molar-refractivity contribution in [3.63, 3.8) is 0 Å². The minimum Gasteiger partial charge on any atom is -0.459 e. The van der Waals surface area contributed by atoms with Crippen molar-refractivity contribution in [3.8, 4) is 0 Å². The van der Waals surface area contributed by atoms with Crippen LogP contribution in [0.2, 0.25) is 0 Å². The Morgan fingerprint density at radius 2 is 2.00 bits per heavy atom. The van der Waals surface area contributed by atoms with Gasteiger partial charge in [-0.2, -0.15) is 0 Å². The molecule has 0 bridgehead atoms. The van der Waals surface area contributed by atoms with E-state index in [1.807, 2.05) is 6.92 Å². The number of carbonyl (C=O) groups is 1. The van der Waals surface area contributed by atoms with E-state index in [2.05, 4.69) is 20.8 Å². The van der Waals surface area contributed by atoms with Gasteiger partial charge in [0, 0.05) is 11.8 Å². The summed E-state index contributed by atoms with van der Waals surface area (Å²) in [5.41, 5.74) is -0.191. The van der Waals surface area contributed by atoms with E-state index < -0.39 is 0 Å². The van der Waals surface area contributed by atoms with Crippen LogP contribution in [-0.2, 0) is 9.53 Å². The minimum absolute atomic E-state index is 0.0533. The molecule has 64 valence electrons. The monoisotopic (exact) mass is 156 g/mol. The topological polar surface area (TPSA) is 26.3 Å². The Bertz CT molecular complexity index is 178. The van der Waals surface area contributed by atoms with Crippen LogP contribution in [0.1, 0.15) is 40.5 Å². The van der Waals surface area contributed by atoms with Crippen LogP contribution in [-0.4, -0.2) is 11.6 Å². The molecule has 1 aliphatic heterocycles. The molecule has 0 unspecified atom stereocenters. The van der Waals surface area contributed by atoms with E-state index in [1.54, 1.807) is 0 Å². The van der Waals surface area contributed by atoms with Crippen LogP contribution >= 0.6 is 0 Å². The molecule has 0 aromatic carbocycles. The standard InChI is InChI=1S/C9H16O2/c1-8(2,3)9(4)6-5-7(10)11-9/h5-6H2,1-4H3/t9-/m1/s1. The molecule has 0 radical (unpaired) electrons. The van der Waals surface area contributed by atoms with E-state index in [0.717, 1.165) is 6.42 Å². The van der Waals surface area contributed by atoms with E-state index in [0.29, 0.717) is 6.42 Å². The van der Waals surface area contributed by atoms with E-state index in [9.17, 15) is 4.79 Å². The molecule has 1 saturated heterocycles. The molecular formula is C9H16O2. The van der Waals surface area contributed by atoms with Gasteiger partial charge in [0.25, 0.3) is 0 Å². The lowest BCUT2D eigenvalue weighted by atomic mass is 9.76. The van der Waals surface area contributed by atoms with Gasteiger partial charge in [-0.3, -0.25) is 4.79 Å². The van der Waals surface area contributed by atoms with E-state index >= 15 is 0 Å². The van der Waals surface area contributed by atoms with Crippen molar-refractivity contribution in [2.45, 2.75) is 46.1 Å². The highest BCUT2D eigenvalue weighted by molar-refractivity contribution is 5.72. The Kier molecular flexibility index (Phi) is 1.73. The first kappa shape index (κ1) is 8.57. The van der Waals surface area contributed by atoms with E-state index in [1.165, 1.54) is 0 Å². The molecule has 0 aromatic heterocycles. The van der Waals surface area contributed by atoms with Crippen LogP contribution in [0.3, 0.4) is 0 Å². The van der Waals surface area contributed by atoms with Crippen LogP contribution in [0.4, 0.5) is 0 Å². The van der Waals surface area contributed by atoms with Gasteiger partial charge in [0.15, 0.2) is 0 Å². The molecule has 0 N–H and O–H groups in total. The van der Waals surface area contributed by atoms with Crippen molar-refractivity contribution in [1.29, 1.82) is 0 Å². The van der Waals surface area contributed by atoms with Crippen molar-refractivity contribution in [3.05, 3.63) is 0 Å². The molecule has 0 spiro atoms. The largest absolute Gasteiger partial charge is 0.459 e. The van der Waals surface area contributed by atoms with Crippen LogP contribution in [0, 0.1) is 5.41 Å². The molecule has 1 rings (SSSR count). The number of hydrogen-bond acceptors (Lipinski definition) is 2. The molecule has 1 aliphatic rings. The van der Waals surface area contributed by atoms with Crippen LogP contribution in [0.5, 0.6) is 0 Å². The van der Waals surface area contributed by atoms with Crippen molar-refractivity contribution < 1.29 is 9.53 Å². The van der Waals surface area contributed by atoms with E-state index in [-0.39, 0.29) is 17.0 Å². The molecule has 0 aliphatic carbocycles. The summed E-state index contributed by atoms with van der Waals surface area (Å²) in [7, 11) is 0. The van der Waals surface area contributed by atoms with Gasteiger partial charge in [0.2, 0.25) is 0 Å². The number of carbonyl (C=O) groups excluding carboxylic acids is 1. The average Bonchev–Trinajstić information content (AvgIpc) is 2.10. The lowest BCUT2D eigenvalue weighted by Crippen LogP contribution is -2.39. The second-order valence-corrected chi connectivity index (χ2v) is 4.45. The fourth-order valence-corrected chi connectivity index (χ4v) is 1.22. The third kappa shape index (κ3) is 1.39. The summed E-state index contributed by atoms with van der Waals surface area (Å²) in [6.45, 7) is 8.32.